The summed E-state index contributed by atoms with van der Waals surface area (Å²) in [7, 11) is 0. The van der Waals surface area contributed by atoms with Gasteiger partial charge in [-0.15, -0.1) is 0 Å². The number of hydrogen-bond acceptors (Lipinski definition) is 2. The second-order valence-corrected chi connectivity index (χ2v) is 10.7. The van der Waals surface area contributed by atoms with Crippen molar-refractivity contribution in [1.29, 1.82) is 0 Å². The molecule has 1 aromatic carbocycles. The molecule has 2 saturated heterocycles. The molecule has 4 atom stereocenters. The molecule has 1 aromatic rings. The van der Waals surface area contributed by atoms with Gasteiger partial charge in [0.1, 0.15) is 0 Å². The topological polar surface area (TPSA) is 23.6 Å². The minimum absolute atomic E-state index is 0.334. The van der Waals surface area contributed by atoms with Crippen LogP contribution in [0, 0.1) is 17.8 Å². The molecule has 3 nitrogen and oxygen atoms in total. The van der Waals surface area contributed by atoms with E-state index < -0.39 is 0 Å². The van der Waals surface area contributed by atoms with Gasteiger partial charge in [-0.25, -0.2) is 0 Å². The predicted octanol–water partition coefficient (Wildman–Crippen LogP) is 5.25. The van der Waals surface area contributed by atoms with Crippen LogP contribution in [0.1, 0.15) is 81.8 Å². The third kappa shape index (κ3) is 4.20. The van der Waals surface area contributed by atoms with Crippen LogP contribution in [0.5, 0.6) is 0 Å². The molecular weight excluding hydrogens is 368 g/mol. The van der Waals surface area contributed by atoms with Crippen molar-refractivity contribution in [2.45, 2.75) is 83.1 Å². The fourth-order valence-electron chi connectivity index (χ4n) is 7.03. The van der Waals surface area contributed by atoms with Crippen LogP contribution in [-0.4, -0.2) is 47.9 Å². The smallest absolute Gasteiger partial charge is 0.225 e. The minimum atomic E-state index is 0.334. The monoisotopic (exact) mass is 408 g/mol. The van der Waals surface area contributed by atoms with Crippen LogP contribution in [0.25, 0.3) is 0 Å². The van der Waals surface area contributed by atoms with Crippen LogP contribution < -0.4 is 0 Å². The fraction of sp³-hybridized carbons (Fsp3) is 0.741. The molecule has 2 saturated carbocycles. The van der Waals surface area contributed by atoms with Gasteiger partial charge in [0.2, 0.25) is 5.91 Å². The van der Waals surface area contributed by atoms with Crippen molar-refractivity contribution in [3.8, 4) is 0 Å². The lowest BCUT2D eigenvalue weighted by molar-refractivity contribution is -0.134. The first-order valence-electron chi connectivity index (χ1n) is 12.8. The van der Waals surface area contributed by atoms with Gasteiger partial charge in [0, 0.05) is 31.6 Å². The Morgan fingerprint density at radius 3 is 2.47 bits per heavy atom. The van der Waals surface area contributed by atoms with E-state index in [0.29, 0.717) is 23.7 Å². The standard InChI is InChI=1S/C27H40N2O/c1-20-6-5-16-28(20)17-15-21-11-13-22(14-12-21)25-10-4-9-24-18-29(19-26(24)25)27(30)23-7-2-3-8-23/h11-14,20,23-26H,2-10,15-19H2,1H3/t20?,24-,25?,26+/m0/s1. The Morgan fingerprint density at radius 1 is 0.933 bits per heavy atom. The Balaban J connectivity index is 1.21. The normalized spacial score (nSPS) is 32.6. The first-order chi connectivity index (χ1) is 14.7. The third-order valence-electron chi connectivity index (χ3n) is 8.90. The average Bonchev–Trinajstić information content (AvgIpc) is 3.52. The molecule has 4 fully saturated rings. The number of fused-ring (bicyclic) bond motifs is 1. The van der Waals surface area contributed by atoms with Gasteiger partial charge >= 0.3 is 0 Å². The Bertz CT molecular complexity index is 723. The van der Waals surface area contributed by atoms with Gasteiger partial charge in [0.05, 0.1) is 0 Å². The van der Waals surface area contributed by atoms with E-state index in [4.69, 9.17) is 0 Å². The molecule has 0 spiro atoms. The van der Waals surface area contributed by atoms with Gasteiger partial charge < -0.3 is 9.80 Å². The van der Waals surface area contributed by atoms with Gasteiger partial charge in [0.15, 0.2) is 0 Å². The van der Waals surface area contributed by atoms with Crippen molar-refractivity contribution in [3.05, 3.63) is 35.4 Å². The molecular formula is C27H40N2O. The van der Waals surface area contributed by atoms with Crippen molar-refractivity contribution in [2.24, 2.45) is 17.8 Å². The van der Waals surface area contributed by atoms with E-state index in [1.54, 1.807) is 0 Å². The zero-order valence-electron chi connectivity index (χ0n) is 18.9. The number of benzene rings is 1. The molecule has 2 heterocycles. The summed E-state index contributed by atoms with van der Waals surface area (Å²) < 4.78 is 0. The molecule has 2 unspecified atom stereocenters. The minimum Gasteiger partial charge on any atom is -0.342 e. The molecule has 2 aliphatic carbocycles. The molecule has 164 valence electrons. The van der Waals surface area contributed by atoms with Gasteiger partial charge in [-0.1, -0.05) is 43.5 Å². The van der Waals surface area contributed by atoms with Gasteiger partial charge in [-0.05, 0) is 87.3 Å². The van der Waals surface area contributed by atoms with Gasteiger partial charge in [0.25, 0.3) is 0 Å². The van der Waals surface area contributed by atoms with Crippen LogP contribution in [0.3, 0.4) is 0 Å². The lowest BCUT2D eigenvalue weighted by Crippen LogP contribution is -2.34. The summed E-state index contributed by atoms with van der Waals surface area (Å²) in [6.45, 7) is 6.90. The number of carbonyl (C=O) groups excluding carboxylic acids is 1. The quantitative estimate of drug-likeness (QED) is 0.665. The second kappa shape index (κ2) is 9.02. The molecule has 1 amide bonds. The summed E-state index contributed by atoms with van der Waals surface area (Å²) in [5.74, 6) is 2.87. The number of nitrogens with zero attached hydrogens (tertiary/aromatic N) is 2. The zero-order valence-corrected chi connectivity index (χ0v) is 18.9. The van der Waals surface area contributed by atoms with Crippen LogP contribution in [0.2, 0.25) is 0 Å². The first-order valence-corrected chi connectivity index (χ1v) is 12.8. The zero-order chi connectivity index (χ0) is 20.5. The summed E-state index contributed by atoms with van der Waals surface area (Å²) in [6.07, 6.45) is 12.6. The highest BCUT2D eigenvalue weighted by atomic mass is 16.2. The maximum atomic E-state index is 13.0. The second-order valence-electron chi connectivity index (χ2n) is 10.7. The Labute approximate surface area is 183 Å². The molecule has 0 aromatic heterocycles. The molecule has 0 radical (unpaired) electrons. The first kappa shape index (κ1) is 20.5. The Morgan fingerprint density at radius 2 is 1.73 bits per heavy atom. The highest BCUT2D eigenvalue weighted by Crippen LogP contribution is 2.46. The average molecular weight is 409 g/mol. The highest BCUT2D eigenvalue weighted by Gasteiger charge is 2.43. The molecule has 4 aliphatic rings. The SMILES string of the molecule is CC1CCCN1CCc1ccc(C2CCC[C@H]3CN(C(=O)C4CCCC4)C[C@@H]23)cc1. The molecule has 0 N–H and O–H groups in total. The molecule has 5 rings (SSSR count). The summed E-state index contributed by atoms with van der Waals surface area (Å²) in [5.41, 5.74) is 3.01. The van der Waals surface area contributed by atoms with E-state index in [9.17, 15) is 4.79 Å². The van der Waals surface area contributed by atoms with Crippen molar-refractivity contribution < 1.29 is 4.79 Å². The van der Waals surface area contributed by atoms with Gasteiger partial charge in [-0.2, -0.15) is 0 Å². The van der Waals surface area contributed by atoms with Crippen LogP contribution >= 0.6 is 0 Å². The van der Waals surface area contributed by atoms with Crippen molar-refractivity contribution >= 4 is 5.91 Å². The molecule has 30 heavy (non-hydrogen) atoms. The lowest BCUT2D eigenvalue weighted by Gasteiger charge is -2.33. The summed E-state index contributed by atoms with van der Waals surface area (Å²) in [5, 5.41) is 0. The summed E-state index contributed by atoms with van der Waals surface area (Å²) >= 11 is 0. The maximum absolute atomic E-state index is 13.0. The highest BCUT2D eigenvalue weighted by molar-refractivity contribution is 5.79. The molecule has 0 bridgehead atoms. The summed E-state index contributed by atoms with van der Waals surface area (Å²) in [6, 6.07) is 10.4. The van der Waals surface area contributed by atoms with E-state index >= 15 is 0 Å². The van der Waals surface area contributed by atoms with Crippen LogP contribution in [0.15, 0.2) is 24.3 Å². The van der Waals surface area contributed by atoms with E-state index in [1.807, 2.05) is 0 Å². The number of likely N-dealkylation sites (tertiary alicyclic amines) is 2. The van der Waals surface area contributed by atoms with E-state index in [1.165, 1.54) is 75.6 Å². The summed E-state index contributed by atoms with van der Waals surface area (Å²) in [4.78, 5) is 17.9. The van der Waals surface area contributed by atoms with E-state index in [0.717, 1.165) is 37.9 Å². The third-order valence-corrected chi connectivity index (χ3v) is 8.90. The van der Waals surface area contributed by atoms with Crippen LogP contribution in [0.4, 0.5) is 0 Å². The number of amides is 1. The fourth-order valence-corrected chi connectivity index (χ4v) is 7.03. The maximum Gasteiger partial charge on any atom is 0.225 e. The number of hydrogen-bond donors (Lipinski definition) is 0. The van der Waals surface area contributed by atoms with Crippen LogP contribution in [-0.2, 0) is 11.2 Å². The molecule has 3 heteroatoms. The largest absolute Gasteiger partial charge is 0.342 e. The van der Waals surface area contributed by atoms with E-state index in [2.05, 4.69) is 41.0 Å². The van der Waals surface area contributed by atoms with Crippen molar-refractivity contribution in [2.75, 3.05) is 26.2 Å². The van der Waals surface area contributed by atoms with Gasteiger partial charge in [-0.3, -0.25) is 4.79 Å². The molecule has 2 aliphatic heterocycles. The van der Waals surface area contributed by atoms with Crippen molar-refractivity contribution in [1.82, 2.24) is 9.80 Å². The number of rotatable bonds is 5. The van der Waals surface area contributed by atoms with Crippen molar-refractivity contribution in [3.63, 3.8) is 0 Å². The Kier molecular flexibility index (Phi) is 6.18. The number of carbonyl (C=O) groups is 1. The van der Waals surface area contributed by atoms with E-state index in [-0.39, 0.29) is 0 Å². The predicted molar refractivity (Wildman–Crippen MR) is 123 cm³/mol. The Hall–Kier alpha value is -1.35. The lowest BCUT2D eigenvalue weighted by atomic mass is 9.71.